The number of carbonyl (C=O) groups excluding carboxylic acids is 1. The molecule has 5 rings (SSSR count). The van der Waals surface area contributed by atoms with Crippen molar-refractivity contribution < 1.29 is 13.2 Å². The number of aromatic nitrogens is 1. The molecule has 3 aromatic rings. The summed E-state index contributed by atoms with van der Waals surface area (Å²) < 4.78 is 29.3. The van der Waals surface area contributed by atoms with E-state index in [0.29, 0.717) is 36.8 Å². The zero-order valence-electron chi connectivity index (χ0n) is 18.6. The first-order chi connectivity index (χ1) is 16.3. The summed E-state index contributed by atoms with van der Waals surface area (Å²) in [5.41, 5.74) is 1.01. The number of thiophene rings is 1. The van der Waals surface area contributed by atoms with Crippen molar-refractivity contribution in [1.29, 1.82) is 0 Å². The summed E-state index contributed by atoms with van der Waals surface area (Å²) in [5, 5.41) is 0.991. The second-order valence-electron chi connectivity index (χ2n) is 8.40. The van der Waals surface area contributed by atoms with Crippen molar-refractivity contribution >= 4 is 77.3 Å². The Hall–Kier alpha value is -1.37. The summed E-state index contributed by atoms with van der Waals surface area (Å²) in [5.74, 6) is -0.254. The van der Waals surface area contributed by atoms with Crippen LogP contribution in [0.15, 0.2) is 39.4 Å². The molecule has 2 aliphatic heterocycles. The van der Waals surface area contributed by atoms with Crippen LogP contribution in [0, 0.1) is 5.92 Å². The van der Waals surface area contributed by atoms with E-state index < -0.39 is 10.0 Å². The highest BCUT2D eigenvalue weighted by Crippen LogP contribution is 2.33. The summed E-state index contributed by atoms with van der Waals surface area (Å²) in [6.07, 6.45) is 3.46. The van der Waals surface area contributed by atoms with E-state index in [4.69, 9.17) is 16.6 Å². The highest BCUT2D eigenvalue weighted by atomic mass is 35.5. The van der Waals surface area contributed by atoms with E-state index in [1.165, 1.54) is 20.0 Å². The van der Waals surface area contributed by atoms with Crippen molar-refractivity contribution in [1.82, 2.24) is 14.2 Å². The van der Waals surface area contributed by atoms with E-state index >= 15 is 0 Å². The Kier molecular flexibility index (Phi) is 7.12. The second-order valence-corrected chi connectivity index (χ2v) is 14.2. The average molecular weight is 557 g/mol. The van der Waals surface area contributed by atoms with Crippen molar-refractivity contribution in [2.24, 2.45) is 5.92 Å². The lowest BCUT2D eigenvalue weighted by Crippen LogP contribution is -2.53. The van der Waals surface area contributed by atoms with Crippen molar-refractivity contribution in [2.45, 2.75) is 21.9 Å². The number of hydrogen-bond donors (Lipinski definition) is 0. The van der Waals surface area contributed by atoms with Crippen molar-refractivity contribution in [3.8, 4) is 0 Å². The maximum Gasteiger partial charge on any atom is 0.252 e. The molecule has 1 atom stereocenters. The Bertz CT molecular complexity index is 1300. The van der Waals surface area contributed by atoms with Gasteiger partial charge in [0, 0.05) is 44.2 Å². The maximum atomic E-state index is 13.3. The number of piperidine rings is 1. The van der Waals surface area contributed by atoms with Crippen LogP contribution in [0.4, 0.5) is 5.13 Å². The molecular weight excluding hydrogens is 532 g/mol. The summed E-state index contributed by atoms with van der Waals surface area (Å²) in [6, 6.07) is 9.46. The number of thioether (sulfide) groups is 1. The molecule has 0 bridgehead atoms. The largest absolute Gasteiger partial charge is 0.345 e. The van der Waals surface area contributed by atoms with Crippen LogP contribution in [0.2, 0.25) is 4.34 Å². The number of rotatable bonds is 5. The zero-order chi connectivity index (χ0) is 23.9. The van der Waals surface area contributed by atoms with Gasteiger partial charge in [-0.25, -0.2) is 13.4 Å². The fourth-order valence-corrected chi connectivity index (χ4v) is 9.19. The number of benzene rings is 1. The summed E-state index contributed by atoms with van der Waals surface area (Å²) in [4.78, 5) is 23.4. The molecular formula is C22H25ClN4O3S4. The van der Waals surface area contributed by atoms with Crippen LogP contribution in [0.25, 0.3) is 10.2 Å². The molecule has 2 aliphatic rings. The van der Waals surface area contributed by atoms with Gasteiger partial charge in [-0.1, -0.05) is 22.9 Å². The SMILES string of the molecule is CSc1ccc2nc(N3CCN(C(=O)C4CCCN(S(=O)(=O)c5ccc(Cl)s5)C4)CC3)sc2c1. The molecule has 34 heavy (non-hydrogen) atoms. The lowest BCUT2D eigenvalue weighted by Gasteiger charge is -2.38. The summed E-state index contributed by atoms with van der Waals surface area (Å²) in [7, 11) is -3.62. The molecule has 182 valence electrons. The monoisotopic (exact) mass is 556 g/mol. The quantitative estimate of drug-likeness (QED) is 0.431. The lowest BCUT2D eigenvalue weighted by atomic mass is 9.98. The smallest absolute Gasteiger partial charge is 0.252 e. The number of halogens is 1. The minimum absolute atomic E-state index is 0.0534. The van der Waals surface area contributed by atoms with Gasteiger partial charge in [-0.3, -0.25) is 4.79 Å². The number of nitrogens with zero attached hydrogens (tertiary/aromatic N) is 4. The van der Waals surface area contributed by atoms with Gasteiger partial charge in [-0.05, 0) is 49.4 Å². The molecule has 0 aliphatic carbocycles. The van der Waals surface area contributed by atoms with E-state index in [1.54, 1.807) is 29.2 Å². The number of fused-ring (bicyclic) bond motifs is 1. The van der Waals surface area contributed by atoms with Crippen LogP contribution in [0.5, 0.6) is 0 Å². The number of amides is 1. The highest BCUT2D eigenvalue weighted by Gasteiger charge is 2.36. The van der Waals surface area contributed by atoms with Crippen LogP contribution >= 0.6 is 46.0 Å². The molecule has 1 aromatic carbocycles. The third-order valence-electron chi connectivity index (χ3n) is 6.32. The standard InChI is InChI=1S/C22H25ClN4O3S4/c1-31-16-4-5-17-18(13-16)32-22(24-17)26-11-9-25(10-12-26)21(28)15-3-2-8-27(14-15)34(29,30)20-7-6-19(23)33-20/h4-7,13,15H,2-3,8-12,14H2,1H3. The fourth-order valence-electron chi connectivity index (χ4n) is 4.46. The normalized spacial score (nSPS) is 20.2. The minimum atomic E-state index is -3.62. The molecule has 4 heterocycles. The van der Waals surface area contributed by atoms with Gasteiger partial charge in [0.1, 0.15) is 4.21 Å². The molecule has 0 radical (unpaired) electrons. The molecule has 1 unspecified atom stereocenters. The van der Waals surface area contributed by atoms with E-state index in [9.17, 15) is 13.2 Å². The van der Waals surface area contributed by atoms with Gasteiger partial charge in [-0.2, -0.15) is 4.31 Å². The van der Waals surface area contributed by atoms with E-state index in [-0.39, 0.29) is 22.6 Å². The molecule has 2 aromatic heterocycles. The molecule has 0 saturated carbocycles. The van der Waals surface area contributed by atoms with Gasteiger partial charge >= 0.3 is 0 Å². The van der Waals surface area contributed by atoms with Gasteiger partial charge in [-0.15, -0.1) is 23.1 Å². The van der Waals surface area contributed by atoms with Crippen LogP contribution in [-0.2, 0) is 14.8 Å². The van der Waals surface area contributed by atoms with Crippen molar-refractivity contribution in [3.05, 3.63) is 34.7 Å². The predicted molar refractivity (Wildman–Crippen MR) is 141 cm³/mol. The zero-order valence-corrected chi connectivity index (χ0v) is 22.7. The van der Waals surface area contributed by atoms with Crippen LogP contribution in [0.1, 0.15) is 12.8 Å². The number of piperazine rings is 1. The Balaban J connectivity index is 1.21. The number of carbonyl (C=O) groups is 1. The van der Waals surface area contributed by atoms with Gasteiger partial charge < -0.3 is 9.80 Å². The molecule has 2 fully saturated rings. The minimum Gasteiger partial charge on any atom is -0.345 e. The number of sulfonamides is 1. The number of hydrogen-bond acceptors (Lipinski definition) is 8. The third kappa shape index (κ3) is 4.83. The van der Waals surface area contributed by atoms with Crippen LogP contribution in [0.3, 0.4) is 0 Å². The summed E-state index contributed by atoms with van der Waals surface area (Å²) in [6.45, 7) is 3.35. The van der Waals surface area contributed by atoms with Gasteiger partial charge in [0.25, 0.3) is 10.0 Å². The topological polar surface area (TPSA) is 73.8 Å². The first kappa shape index (κ1) is 24.3. The number of thiazole rings is 1. The van der Waals surface area contributed by atoms with Gasteiger partial charge in [0.15, 0.2) is 5.13 Å². The first-order valence-corrected chi connectivity index (χ1v) is 15.8. The molecule has 7 nitrogen and oxygen atoms in total. The van der Waals surface area contributed by atoms with Crippen molar-refractivity contribution in [2.75, 3.05) is 50.4 Å². The Morgan fingerprint density at radius 2 is 1.91 bits per heavy atom. The molecule has 1 amide bonds. The average Bonchev–Trinajstić information content (AvgIpc) is 3.50. The Morgan fingerprint density at radius 3 is 2.62 bits per heavy atom. The van der Waals surface area contributed by atoms with Crippen molar-refractivity contribution in [3.63, 3.8) is 0 Å². The Morgan fingerprint density at radius 1 is 1.12 bits per heavy atom. The van der Waals surface area contributed by atoms with Gasteiger partial charge in [0.2, 0.25) is 5.91 Å². The second kappa shape index (κ2) is 9.94. The van der Waals surface area contributed by atoms with E-state index in [1.807, 2.05) is 4.90 Å². The highest BCUT2D eigenvalue weighted by molar-refractivity contribution is 7.98. The fraction of sp³-hybridized carbons (Fsp3) is 0.455. The van der Waals surface area contributed by atoms with Crippen LogP contribution < -0.4 is 4.90 Å². The third-order valence-corrected chi connectivity index (χ3v) is 11.7. The molecule has 0 spiro atoms. The predicted octanol–water partition coefficient (Wildman–Crippen LogP) is 4.48. The molecule has 12 heteroatoms. The molecule has 0 N–H and O–H groups in total. The number of anilines is 1. The maximum absolute atomic E-state index is 13.3. The van der Waals surface area contributed by atoms with E-state index in [0.717, 1.165) is 35.1 Å². The van der Waals surface area contributed by atoms with Crippen LogP contribution in [-0.4, -0.2) is 74.0 Å². The molecule has 2 saturated heterocycles. The first-order valence-electron chi connectivity index (χ1n) is 11.1. The lowest BCUT2D eigenvalue weighted by molar-refractivity contribution is -0.137. The Labute approximate surface area is 216 Å². The van der Waals surface area contributed by atoms with Gasteiger partial charge in [0.05, 0.1) is 20.5 Å². The summed E-state index contributed by atoms with van der Waals surface area (Å²) >= 11 is 10.4. The van der Waals surface area contributed by atoms with E-state index in [2.05, 4.69) is 29.4 Å².